The minimum Gasteiger partial charge on any atom is -0.493 e. The normalized spacial score (nSPS) is 10.7. The number of hydrogen-bond acceptors (Lipinski definition) is 9. The molecule has 158 valence electrons. The summed E-state index contributed by atoms with van der Waals surface area (Å²) in [4.78, 5) is 26.3. The van der Waals surface area contributed by atoms with Crippen LogP contribution in [-0.4, -0.2) is 48.7 Å². The monoisotopic (exact) mass is 423 g/mol. The molecule has 0 aliphatic heterocycles. The van der Waals surface area contributed by atoms with E-state index in [2.05, 4.69) is 28.8 Å². The van der Waals surface area contributed by atoms with Crippen molar-refractivity contribution in [3.63, 3.8) is 0 Å². The van der Waals surface area contributed by atoms with Gasteiger partial charge >= 0.3 is 5.97 Å². The summed E-state index contributed by atoms with van der Waals surface area (Å²) in [6.45, 7) is 4.53. The Kier molecular flexibility index (Phi) is 7.83. The molecular formula is C19H26ClN5O4. The SMILES string of the molecule is COc1cc(C(=O)OCc2nc(N)nc(N(C)C)n2)cc(Cl)c1OCCC(C)C. The molecule has 2 aromatic rings. The van der Waals surface area contributed by atoms with Gasteiger partial charge in [0.25, 0.3) is 0 Å². The number of benzene rings is 1. The third-order valence-electron chi connectivity index (χ3n) is 3.83. The molecule has 2 rings (SSSR count). The van der Waals surface area contributed by atoms with Gasteiger partial charge in [0.15, 0.2) is 23.9 Å². The molecule has 0 unspecified atom stereocenters. The van der Waals surface area contributed by atoms with Crippen molar-refractivity contribution in [1.29, 1.82) is 0 Å². The van der Waals surface area contributed by atoms with E-state index in [-0.39, 0.29) is 29.0 Å². The van der Waals surface area contributed by atoms with Crippen LogP contribution in [0.2, 0.25) is 5.02 Å². The molecule has 0 saturated carbocycles. The number of hydrogen-bond donors (Lipinski definition) is 1. The number of methoxy groups -OCH3 is 1. The molecule has 1 aromatic heterocycles. The van der Waals surface area contributed by atoms with Gasteiger partial charge in [0, 0.05) is 14.1 Å². The second kappa shape index (κ2) is 10.1. The average molecular weight is 424 g/mol. The van der Waals surface area contributed by atoms with Crippen LogP contribution in [-0.2, 0) is 11.3 Å². The van der Waals surface area contributed by atoms with E-state index in [4.69, 9.17) is 31.5 Å². The number of ether oxygens (including phenoxy) is 3. The Morgan fingerprint density at radius 3 is 2.59 bits per heavy atom. The summed E-state index contributed by atoms with van der Waals surface area (Å²) in [6.07, 6.45) is 0.868. The molecule has 0 bridgehead atoms. The summed E-state index contributed by atoms with van der Waals surface area (Å²) in [5, 5.41) is 0.263. The fourth-order valence-electron chi connectivity index (χ4n) is 2.28. The van der Waals surface area contributed by atoms with Crippen LogP contribution in [0.1, 0.15) is 36.5 Å². The molecule has 9 nitrogen and oxygen atoms in total. The van der Waals surface area contributed by atoms with Gasteiger partial charge in [0.1, 0.15) is 0 Å². The lowest BCUT2D eigenvalue weighted by atomic mass is 10.1. The van der Waals surface area contributed by atoms with E-state index in [0.29, 0.717) is 30.0 Å². The zero-order chi connectivity index (χ0) is 21.6. The molecule has 0 amide bonds. The van der Waals surface area contributed by atoms with Crippen molar-refractivity contribution in [2.24, 2.45) is 5.92 Å². The highest BCUT2D eigenvalue weighted by Gasteiger charge is 2.18. The van der Waals surface area contributed by atoms with E-state index in [0.717, 1.165) is 6.42 Å². The molecule has 0 spiro atoms. The van der Waals surface area contributed by atoms with Gasteiger partial charge in [0.2, 0.25) is 11.9 Å². The summed E-state index contributed by atoms with van der Waals surface area (Å²) in [5.74, 6) is 1.29. The van der Waals surface area contributed by atoms with Gasteiger partial charge in [-0.3, -0.25) is 0 Å². The molecule has 0 atom stereocenters. The van der Waals surface area contributed by atoms with Crippen LogP contribution in [0, 0.1) is 5.92 Å². The zero-order valence-corrected chi connectivity index (χ0v) is 18.0. The first-order valence-corrected chi connectivity index (χ1v) is 9.44. The molecule has 0 saturated heterocycles. The first kappa shape index (κ1) is 22.5. The van der Waals surface area contributed by atoms with Gasteiger partial charge < -0.3 is 24.8 Å². The van der Waals surface area contributed by atoms with Crippen LogP contribution < -0.4 is 20.1 Å². The van der Waals surface area contributed by atoms with Crippen molar-refractivity contribution < 1.29 is 19.0 Å². The molecule has 10 heteroatoms. The third-order valence-corrected chi connectivity index (χ3v) is 4.11. The van der Waals surface area contributed by atoms with Crippen molar-refractivity contribution in [3.05, 3.63) is 28.5 Å². The summed E-state index contributed by atoms with van der Waals surface area (Å²) >= 11 is 6.30. The average Bonchev–Trinajstić information content (AvgIpc) is 2.66. The first-order chi connectivity index (χ1) is 13.7. The molecule has 0 fully saturated rings. The Labute approximate surface area is 175 Å². The Balaban J connectivity index is 2.12. The number of nitrogens with zero attached hydrogens (tertiary/aromatic N) is 4. The number of carbonyl (C=O) groups excluding carboxylic acids is 1. The van der Waals surface area contributed by atoms with E-state index in [1.807, 2.05) is 0 Å². The van der Waals surface area contributed by atoms with Gasteiger partial charge in [-0.15, -0.1) is 0 Å². The van der Waals surface area contributed by atoms with Crippen molar-refractivity contribution in [2.45, 2.75) is 26.9 Å². The third kappa shape index (κ3) is 6.35. The van der Waals surface area contributed by atoms with E-state index in [9.17, 15) is 4.79 Å². The standard InChI is InChI=1S/C19H26ClN5O4/c1-11(2)6-7-28-16-13(20)8-12(9-14(16)27-5)17(26)29-10-15-22-18(21)24-19(23-15)25(3)4/h8-9,11H,6-7,10H2,1-5H3,(H2,21,22,23,24). The van der Waals surface area contributed by atoms with Crippen molar-refractivity contribution in [3.8, 4) is 11.5 Å². The number of nitrogen functional groups attached to an aromatic ring is 1. The van der Waals surface area contributed by atoms with Crippen molar-refractivity contribution in [2.75, 3.05) is 38.4 Å². The van der Waals surface area contributed by atoms with E-state index < -0.39 is 5.97 Å². The van der Waals surface area contributed by atoms with Crippen molar-refractivity contribution in [1.82, 2.24) is 15.0 Å². The zero-order valence-electron chi connectivity index (χ0n) is 17.2. The molecule has 0 radical (unpaired) electrons. The predicted octanol–water partition coefficient (Wildman–Crippen LogP) is 2.96. The fraction of sp³-hybridized carbons (Fsp3) is 0.474. The second-order valence-corrected chi connectivity index (χ2v) is 7.31. The Hall–Kier alpha value is -2.81. The number of carbonyl (C=O) groups is 1. The van der Waals surface area contributed by atoms with Gasteiger partial charge in [-0.25, -0.2) is 4.79 Å². The molecular weight excluding hydrogens is 398 g/mol. The lowest BCUT2D eigenvalue weighted by molar-refractivity contribution is 0.0461. The largest absolute Gasteiger partial charge is 0.493 e. The molecule has 0 aliphatic rings. The lowest BCUT2D eigenvalue weighted by Crippen LogP contribution is -2.17. The Morgan fingerprint density at radius 2 is 1.97 bits per heavy atom. The second-order valence-electron chi connectivity index (χ2n) is 6.90. The maximum absolute atomic E-state index is 12.5. The van der Waals surface area contributed by atoms with E-state index >= 15 is 0 Å². The van der Waals surface area contributed by atoms with Crippen LogP contribution >= 0.6 is 11.6 Å². The first-order valence-electron chi connectivity index (χ1n) is 9.06. The van der Waals surface area contributed by atoms with Crippen LogP contribution in [0.5, 0.6) is 11.5 Å². The van der Waals surface area contributed by atoms with E-state index in [1.54, 1.807) is 19.0 Å². The number of esters is 1. The topological polar surface area (TPSA) is 113 Å². The highest BCUT2D eigenvalue weighted by molar-refractivity contribution is 6.32. The Morgan fingerprint density at radius 1 is 1.24 bits per heavy atom. The molecule has 1 aromatic carbocycles. The van der Waals surface area contributed by atoms with Gasteiger partial charge in [0.05, 0.1) is 24.3 Å². The van der Waals surface area contributed by atoms with Crippen LogP contribution in [0.15, 0.2) is 12.1 Å². The number of rotatable bonds is 9. The quantitative estimate of drug-likeness (QED) is 0.608. The van der Waals surface area contributed by atoms with Crippen LogP contribution in [0.25, 0.3) is 0 Å². The number of halogens is 1. The van der Waals surface area contributed by atoms with Gasteiger partial charge in [-0.05, 0) is 24.5 Å². The molecule has 2 N–H and O–H groups in total. The summed E-state index contributed by atoms with van der Waals surface area (Å²) < 4.78 is 16.3. The minimum absolute atomic E-state index is 0.0439. The molecule has 0 aliphatic carbocycles. The number of anilines is 2. The summed E-state index contributed by atoms with van der Waals surface area (Å²) in [6, 6.07) is 3.00. The summed E-state index contributed by atoms with van der Waals surface area (Å²) in [7, 11) is 5.01. The molecule has 29 heavy (non-hydrogen) atoms. The molecule has 1 heterocycles. The smallest absolute Gasteiger partial charge is 0.338 e. The maximum Gasteiger partial charge on any atom is 0.338 e. The highest BCUT2D eigenvalue weighted by atomic mass is 35.5. The number of nitrogens with two attached hydrogens (primary N) is 1. The highest BCUT2D eigenvalue weighted by Crippen LogP contribution is 2.37. The summed E-state index contributed by atoms with van der Waals surface area (Å²) in [5.41, 5.74) is 5.89. The Bertz CT molecular complexity index is 861. The van der Waals surface area contributed by atoms with Crippen LogP contribution in [0.4, 0.5) is 11.9 Å². The minimum atomic E-state index is -0.607. The fourth-order valence-corrected chi connectivity index (χ4v) is 2.54. The van der Waals surface area contributed by atoms with Crippen LogP contribution in [0.3, 0.4) is 0 Å². The predicted molar refractivity (Wildman–Crippen MR) is 111 cm³/mol. The maximum atomic E-state index is 12.5. The lowest BCUT2D eigenvalue weighted by Gasteiger charge is -2.15. The van der Waals surface area contributed by atoms with Crippen molar-refractivity contribution >= 4 is 29.5 Å². The number of aromatic nitrogens is 3. The van der Waals surface area contributed by atoms with Gasteiger partial charge in [-0.2, -0.15) is 15.0 Å². The van der Waals surface area contributed by atoms with Gasteiger partial charge in [-0.1, -0.05) is 25.4 Å². The van der Waals surface area contributed by atoms with E-state index in [1.165, 1.54) is 19.2 Å².